The van der Waals surface area contributed by atoms with Gasteiger partial charge in [0.2, 0.25) is 12.2 Å². The van der Waals surface area contributed by atoms with Gasteiger partial charge >= 0.3 is 17.9 Å². The second kappa shape index (κ2) is 11.8. The monoisotopic (exact) mass is 573 g/mol. The minimum absolute atomic E-state index is 0.0653. The maximum atomic E-state index is 13.1. The van der Waals surface area contributed by atoms with E-state index in [4.69, 9.17) is 21.1 Å². The van der Waals surface area contributed by atoms with Crippen molar-refractivity contribution in [1.82, 2.24) is 0 Å². The van der Waals surface area contributed by atoms with E-state index in [1.807, 2.05) is 13.8 Å². The molecule has 0 aliphatic rings. The third-order valence-electron chi connectivity index (χ3n) is 5.01. The van der Waals surface area contributed by atoms with E-state index in [0.29, 0.717) is 4.47 Å². The van der Waals surface area contributed by atoms with Crippen LogP contribution in [0, 0.1) is 13.8 Å². The van der Waals surface area contributed by atoms with E-state index in [1.54, 1.807) is 30.3 Å². The lowest BCUT2D eigenvalue weighted by molar-refractivity contribution is -0.157. The minimum atomic E-state index is -2.14. The molecule has 0 aliphatic heterocycles. The van der Waals surface area contributed by atoms with Gasteiger partial charge in [0.15, 0.2) is 0 Å². The second-order valence-electron chi connectivity index (χ2n) is 7.84. The number of nitrogens with one attached hydrogen (secondary N) is 1. The number of carboxylic acids is 1. The largest absolute Gasteiger partial charge is 0.478 e. The van der Waals surface area contributed by atoms with Gasteiger partial charge in [-0.2, -0.15) is 0 Å². The normalized spacial score (nSPS) is 12.2. The Morgan fingerprint density at radius 2 is 1.28 bits per heavy atom. The summed E-state index contributed by atoms with van der Waals surface area (Å²) in [7, 11) is 0. The van der Waals surface area contributed by atoms with Crippen molar-refractivity contribution in [3.05, 3.63) is 98.5 Å². The Morgan fingerprint density at radius 1 is 0.806 bits per heavy atom. The van der Waals surface area contributed by atoms with Gasteiger partial charge in [0.05, 0.1) is 16.1 Å². The summed E-state index contributed by atoms with van der Waals surface area (Å²) in [5.41, 5.74) is 2.11. The first-order valence-corrected chi connectivity index (χ1v) is 11.8. The molecule has 3 rings (SSSR count). The summed E-state index contributed by atoms with van der Waals surface area (Å²) >= 11 is 9.30. The molecule has 0 saturated carbocycles. The van der Waals surface area contributed by atoms with Crippen molar-refractivity contribution in [3.63, 3.8) is 0 Å². The maximum absolute atomic E-state index is 13.1. The van der Waals surface area contributed by atoms with Crippen LogP contribution in [0.1, 0.15) is 31.8 Å². The number of rotatable bonds is 8. The van der Waals surface area contributed by atoms with Gasteiger partial charge in [0.1, 0.15) is 0 Å². The van der Waals surface area contributed by atoms with Crippen molar-refractivity contribution < 1.29 is 33.8 Å². The quantitative estimate of drug-likeness (QED) is 0.355. The zero-order valence-corrected chi connectivity index (χ0v) is 21.5. The van der Waals surface area contributed by atoms with Gasteiger partial charge in [-0.25, -0.2) is 14.4 Å². The van der Waals surface area contributed by atoms with Gasteiger partial charge in [-0.3, -0.25) is 4.79 Å². The highest BCUT2D eigenvalue weighted by Crippen LogP contribution is 2.26. The molecule has 0 spiro atoms. The molecule has 0 unspecified atom stereocenters. The SMILES string of the molecule is Cc1ccc(C(=O)O[C@@H](C(=O)O)[C@@H](OC(=O)c2ccc(C)cc2)C(=O)Nc2ccc(Br)c(Cl)c2)cc1. The summed E-state index contributed by atoms with van der Waals surface area (Å²) in [5, 5.41) is 12.6. The predicted molar refractivity (Wildman–Crippen MR) is 136 cm³/mol. The molecule has 0 heterocycles. The van der Waals surface area contributed by atoms with Crippen LogP contribution in [0.25, 0.3) is 0 Å². The van der Waals surface area contributed by atoms with Gasteiger partial charge in [-0.15, -0.1) is 0 Å². The van der Waals surface area contributed by atoms with E-state index in [-0.39, 0.29) is 21.8 Å². The standard InChI is InChI=1S/C26H21BrClNO7/c1-14-3-7-16(8-4-14)25(33)35-21(23(30)29-18-11-12-19(27)20(28)13-18)22(24(31)32)36-26(34)17-9-5-15(2)6-10-17/h3-13,21-22H,1-2H3,(H,29,30)(H,31,32)/t21-,22-/m1/s1. The number of halogens is 2. The number of carboxylic acid groups (broad SMARTS) is 1. The number of hydrogen-bond donors (Lipinski definition) is 2. The summed E-state index contributed by atoms with van der Waals surface area (Å²) in [5.74, 6) is -4.68. The lowest BCUT2D eigenvalue weighted by Crippen LogP contribution is -2.48. The molecule has 186 valence electrons. The molecule has 8 nitrogen and oxygen atoms in total. The average Bonchev–Trinajstić information content (AvgIpc) is 2.84. The summed E-state index contributed by atoms with van der Waals surface area (Å²) in [6.45, 7) is 3.63. The lowest BCUT2D eigenvalue weighted by atomic mass is 10.1. The van der Waals surface area contributed by atoms with E-state index in [0.717, 1.165) is 11.1 Å². The first kappa shape index (κ1) is 26.9. The number of carbonyl (C=O) groups is 4. The van der Waals surface area contributed by atoms with Crippen LogP contribution in [0.5, 0.6) is 0 Å². The molecule has 0 aliphatic carbocycles. The van der Waals surface area contributed by atoms with Crippen LogP contribution in [0.15, 0.2) is 71.2 Å². The fourth-order valence-electron chi connectivity index (χ4n) is 3.03. The molecular formula is C26H21BrClNO7. The number of aryl methyl sites for hydroxylation is 2. The highest BCUT2D eigenvalue weighted by atomic mass is 79.9. The van der Waals surface area contributed by atoms with E-state index >= 15 is 0 Å². The Morgan fingerprint density at radius 3 is 1.72 bits per heavy atom. The van der Waals surface area contributed by atoms with Crippen LogP contribution in [0.4, 0.5) is 5.69 Å². The van der Waals surface area contributed by atoms with Gasteiger partial charge in [-0.05, 0) is 72.2 Å². The molecule has 3 aromatic rings. The van der Waals surface area contributed by atoms with E-state index in [2.05, 4.69) is 21.2 Å². The molecule has 2 N–H and O–H groups in total. The fraction of sp³-hybridized carbons (Fsp3) is 0.154. The second-order valence-corrected chi connectivity index (χ2v) is 9.10. The molecular weight excluding hydrogens is 554 g/mol. The van der Waals surface area contributed by atoms with Crippen LogP contribution >= 0.6 is 27.5 Å². The van der Waals surface area contributed by atoms with Crippen LogP contribution in [0.2, 0.25) is 5.02 Å². The van der Waals surface area contributed by atoms with Crippen LogP contribution in [-0.4, -0.2) is 41.1 Å². The summed E-state index contributed by atoms with van der Waals surface area (Å²) in [6, 6.07) is 16.9. The Hall–Kier alpha value is -3.69. The number of benzene rings is 3. The number of aliphatic carboxylic acids is 1. The summed E-state index contributed by atoms with van der Waals surface area (Å²) in [4.78, 5) is 50.7. The zero-order chi connectivity index (χ0) is 26.4. The first-order valence-electron chi connectivity index (χ1n) is 10.6. The number of carbonyl (C=O) groups excluding carboxylic acids is 3. The van der Waals surface area contributed by atoms with Crippen LogP contribution in [0.3, 0.4) is 0 Å². The van der Waals surface area contributed by atoms with E-state index in [1.165, 1.54) is 36.4 Å². The van der Waals surface area contributed by atoms with E-state index < -0.39 is 36.0 Å². The number of esters is 2. The third kappa shape index (κ3) is 6.93. The average molecular weight is 575 g/mol. The minimum Gasteiger partial charge on any atom is -0.478 e. The summed E-state index contributed by atoms with van der Waals surface area (Å²) < 4.78 is 11.0. The number of amides is 1. The molecule has 0 fully saturated rings. The van der Waals surface area contributed by atoms with Gasteiger partial charge in [0, 0.05) is 10.2 Å². The molecule has 1 amide bonds. The fourth-order valence-corrected chi connectivity index (χ4v) is 3.45. The Kier molecular flexibility index (Phi) is 8.84. The molecule has 36 heavy (non-hydrogen) atoms. The van der Waals surface area contributed by atoms with Crippen molar-refractivity contribution in [2.24, 2.45) is 0 Å². The lowest BCUT2D eigenvalue weighted by Gasteiger charge is -2.23. The van der Waals surface area contributed by atoms with Crippen molar-refractivity contribution in [2.75, 3.05) is 5.32 Å². The zero-order valence-electron chi connectivity index (χ0n) is 19.2. The third-order valence-corrected chi connectivity index (χ3v) is 6.24. The number of anilines is 1. The van der Waals surface area contributed by atoms with E-state index in [9.17, 15) is 24.3 Å². The van der Waals surface area contributed by atoms with Gasteiger partial charge in [-0.1, -0.05) is 47.0 Å². The maximum Gasteiger partial charge on any atom is 0.349 e. The van der Waals surface area contributed by atoms with Crippen molar-refractivity contribution >= 4 is 57.0 Å². The van der Waals surface area contributed by atoms with Crippen LogP contribution < -0.4 is 5.32 Å². The Labute approximate surface area is 220 Å². The molecule has 2 atom stereocenters. The predicted octanol–water partition coefficient (Wildman–Crippen LogP) is 5.19. The topological polar surface area (TPSA) is 119 Å². The Balaban J connectivity index is 1.92. The summed E-state index contributed by atoms with van der Waals surface area (Å²) in [6.07, 6.45) is -4.16. The van der Waals surface area contributed by atoms with Gasteiger partial charge < -0.3 is 19.9 Å². The van der Waals surface area contributed by atoms with Crippen LogP contribution in [-0.2, 0) is 19.1 Å². The molecule has 0 radical (unpaired) electrons. The molecule has 0 saturated heterocycles. The molecule has 3 aromatic carbocycles. The van der Waals surface area contributed by atoms with Crippen molar-refractivity contribution in [1.29, 1.82) is 0 Å². The number of ether oxygens (including phenoxy) is 2. The molecule has 0 aromatic heterocycles. The molecule has 10 heteroatoms. The highest BCUT2D eigenvalue weighted by molar-refractivity contribution is 9.10. The smallest absolute Gasteiger partial charge is 0.349 e. The highest BCUT2D eigenvalue weighted by Gasteiger charge is 2.41. The Bertz CT molecular complexity index is 1290. The molecule has 0 bridgehead atoms. The van der Waals surface area contributed by atoms with Gasteiger partial charge in [0.25, 0.3) is 5.91 Å². The first-order chi connectivity index (χ1) is 17.0. The van der Waals surface area contributed by atoms with Crippen molar-refractivity contribution in [2.45, 2.75) is 26.1 Å². The number of hydrogen-bond acceptors (Lipinski definition) is 6. The van der Waals surface area contributed by atoms with Crippen molar-refractivity contribution in [3.8, 4) is 0 Å².